The second-order valence-electron chi connectivity index (χ2n) is 4.49. The topological polar surface area (TPSA) is 97.4 Å². The Morgan fingerprint density at radius 2 is 2.50 bits per heavy atom. The smallest absolute Gasteiger partial charge is 0.343 e. The Hall–Kier alpha value is -1.78. The van der Waals surface area contributed by atoms with Crippen molar-refractivity contribution in [2.75, 3.05) is 37.4 Å². The molecule has 0 radical (unpaired) electrons. The van der Waals surface area contributed by atoms with Gasteiger partial charge in [0.2, 0.25) is 0 Å². The number of nitrogens with two attached hydrogens (primary N) is 1. The highest BCUT2D eigenvalue weighted by Gasteiger charge is 2.24. The average molecular weight is 295 g/mol. The molecule has 0 amide bonds. The monoisotopic (exact) mass is 295 g/mol. The summed E-state index contributed by atoms with van der Waals surface area (Å²) in [5.41, 5.74) is 6.32. The van der Waals surface area contributed by atoms with Crippen LogP contribution in [0.2, 0.25) is 0 Å². The van der Waals surface area contributed by atoms with Crippen molar-refractivity contribution in [1.29, 1.82) is 5.26 Å². The molecule has 1 atom stereocenters. The van der Waals surface area contributed by atoms with Crippen LogP contribution in [0.4, 0.5) is 10.7 Å². The van der Waals surface area contributed by atoms with Crippen LogP contribution in [0, 0.1) is 17.2 Å². The van der Waals surface area contributed by atoms with Gasteiger partial charge in [-0.15, -0.1) is 11.3 Å². The molecule has 0 spiro atoms. The summed E-state index contributed by atoms with van der Waals surface area (Å²) >= 11 is 1.18. The molecule has 3 N–H and O–H groups in total. The Balaban J connectivity index is 2.17. The molecular formula is C13H17N3O3S. The van der Waals surface area contributed by atoms with Gasteiger partial charge in [-0.1, -0.05) is 0 Å². The van der Waals surface area contributed by atoms with Crippen molar-refractivity contribution >= 4 is 28.0 Å². The molecule has 0 saturated carbocycles. The van der Waals surface area contributed by atoms with E-state index in [1.807, 2.05) is 6.07 Å². The van der Waals surface area contributed by atoms with E-state index in [0.717, 1.165) is 13.0 Å². The quantitative estimate of drug-likeness (QED) is 0.804. The van der Waals surface area contributed by atoms with Crippen molar-refractivity contribution in [1.82, 2.24) is 0 Å². The van der Waals surface area contributed by atoms with E-state index in [-0.39, 0.29) is 17.9 Å². The minimum Gasteiger partial charge on any atom is -0.462 e. The van der Waals surface area contributed by atoms with Gasteiger partial charge in [-0.05, 0) is 13.3 Å². The maximum absolute atomic E-state index is 11.9. The van der Waals surface area contributed by atoms with Gasteiger partial charge in [-0.25, -0.2) is 4.79 Å². The van der Waals surface area contributed by atoms with Crippen LogP contribution in [-0.2, 0) is 9.47 Å². The molecule has 0 bridgehead atoms. The lowest BCUT2D eigenvalue weighted by Crippen LogP contribution is -2.16. The summed E-state index contributed by atoms with van der Waals surface area (Å²) in [6.07, 6.45) is 0.994. The molecule has 0 aliphatic carbocycles. The highest BCUT2D eigenvalue weighted by atomic mass is 32.1. The molecule has 1 fully saturated rings. The summed E-state index contributed by atoms with van der Waals surface area (Å²) in [6.45, 7) is 4.18. The third-order valence-corrected chi connectivity index (χ3v) is 4.17. The SMILES string of the molecule is CCOC(=O)c1c(NCC2CCOC2)sc(C#N)c1N. The largest absolute Gasteiger partial charge is 0.462 e. The number of anilines is 2. The summed E-state index contributed by atoms with van der Waals surface area (Å²) in [6, 6.07) is 2.00. The molecule has 1 aliphatic heterocycles. The summed E-state index contributed by atoms with van der Waals surface area (Å²) in [7, 11) is 0. The summed E-state index contributed by atoms with van der Waals surface area (Å²) in [5, 5.41) is 12.8. The molecule has 2 rings (SSSR count). The molecular weight excluding hydrogens is 278 g/mol. The number of nitrogens with one attached hydrogen (secondary N) is 1. The van der Waals surface area contributed by atoms with E-state index in [0.29, 0.717) is 28.9 Å². The van der Waals surface area contributed by atoms with Gasteiger partial charge >= 0.3 is 5.97 Å². The van der Waals surface area contributed by atoms with Gasteiger partial charge < -0.3 is 20.5 Å². The van der Waals surface area contributed by atoms with Crippen molar-refractivity contribution < 1.29 is 14.3 Å². The van der Waals surface area contributed by atoms with Gasteiger partial charge in [-0.3, -0.25) is 0 Å². The minimum atomic E-state index is -0.493. The Labute approximate surface area is 121 Å². The fourth-order valence-electron chi connectivity index (χ4n) is 2.04. The third kappa shape index (κ3) is 3.03. The Kier molecular flexibility index (Phi) is 4.82. The average Bonchev–Trinajstić information content (AvgIpc) is 3.04. The maximum Gasteiger partial charge on any atom is 0.343 e. The minimum absolute atomic E-state index is 0.195. The molecule has 1 aliphatic rings. The van der Waals surface area contributed by atoms with E-state index in [9.17, 15) is 4.79 Å². The number of hydrogen-bond donors (Lipinski definition) is 2. The van der Waals surface area contributed by atoms with Gasteiger partial charge in [0.25, 0.3) is 0 Å². The Morgan fingerprint density at radius 1 is 1.70 bits per heavy atom. The van der Waals surface area contributed by atoms with Crippen LogP contribution in [0.5, 0.6) is 0 Å². The number of nitrogen functional groups attached to an aromatic ring is 1. The van der Waals surface area contributed by atoms with E-state index < -0.39 is 5.97 Å². The fourth-order valence-corrected chi connectivity index (χ4v) is 2.95. The van der Waals surface area contributed by atoms with Crippen LogP contribution in [0.1, 0.15) is 28.6 Å². The van der Waals surface area contributed by atoms with Crippen molar-refractivity contribution in [3.8, 4) is 6.07 Å². The van der Waals surface area contributed by atoms with Gasteiger partial charge in [0.1, 0.15) is 21.5 Å². The number of carbonyl (C=O) groups is 1. The Morgan fingerprint density at radius 3 is 3.10 bits per heavy atom. The fraction of sp³-hybridized carbons (Fsp3) is 0.538. The number of carbonyl (C=O) groups excluding carboxylic acids is 1. The second kappa shape index (κ2) is 6.59. The first-order valence-electron chi connectivity index (χ1n) is 6.48. The number of ether oxygens (including phenoxy) is 2. The van der Waals surface area contributed by atoms with Crippen molar-refractivity contribution in [2.45, 2.75) is 13.3 Å². The number of nitrogens with zero attached hydrogens (tertiary/aromatic N) is 1. The molecule has 1 aromatic rings. The molecule has 108 valence electrons. The van der Waals surface area contributed by atoms with Crippen LogP contribution in [-0.4, -0.2) is 32.3 Å². The zero-order valence-electron chi connectivity index (χ0n) is 11.3. The van der Waals surface area contributed by atoms with Gasteiger partial charge in [0.15, 0.2) is 0 Å². The lowest BCUT2D eigenvalue weighted by Gasteiger charge is -2.10. The molecule has 1 unspecified atom stereocenters. The number of hydrogen-bond acceptors (Lipinski definition) is 7. The van der Waals surface area contributed by atoms with Gasteiger partial charge in [0.05, 0.1) is 18.9 Å². The van der Waals surface area contributed by atoms with Crippen LogP contribution in [0.3, 0.4) is 0 Å². The van der Waals surface area contributed by atoms with Crippen molar-refractivity contribution in [3.63, 3.8) is 0 Å². The summed E-state index contributed by atoms with van der Waals surface area (Å²) < 4.78 is 10.3. The first kappa shape index (κ1) is 14.6. The number of nitriles is 1. The normalized spacial score (nSPS) is 17.7. The van der Waals surface area contributed by atoms with Crippen molar-refractivity contribution in [3.05, 3.63) is 10.4 Å². The van der Waals surface area contributed by atoms with Crippen LogP contribution < -0.4 is 11.1 Å². The molecule has 0 aromatic carbocycles. The van der Waals surface area contributed by atoms with E-state index in [1.165, 1.54) is 11.3 Å². The molecule has 1 aromatic heterocycles. The Bertz CT molecular complexity index is 530. The predicted molar refractivity (Wildman–Crippen MR) is 76.8 cm³/mol. The zero-order valence-corrected chi connectivity index (χ0v) is 12.1. The highest BCUT2D eigenvalue weighted by Crippen LogP contribution is 2.36. The molecule has 1 saturated heterocycles. The summed E-state index contributed by atoms with van der Waals surface area (Å²) in [5.74, 6) is -0.0770. The predicted octanol–water partition coefficient (Wildman–Crippen LogP) is 1.83. The molecule has 20 heavy (non-hydrogen) atoms. The zero-order chi connectivity index (χ0) is 14.5. The third-order valence-electron chi connectivity index (χ3n) is 3.10. The van der Waals surface area contributed by atoms with Crippen LogP contribution in [0.15, 0.2) is 0 Å². The number of rotatable bonds is 5. The second-order valence-corrected chi connectivity index (χ2v) is 5.51. The lowest BCUT2D eigenvalue weighted by molar-refractivity contribution is 0.0529. The van der Waals surface area contributed by atoms with E-state index in [2.05, 4.69) is 5.32 Å². The number of thiophene rings is 1. The molecule has 7 heteroatoms. The molecule has 6 nitrogen and oxygen atoms in total. The van der Waals surface area contributed by atoms with Gasteiger partial charge in [-0.2, -0.15) is 5.26 Å². The highest BCUT2D eigenvalue weighted by molar-refractivity contribution is 7.17. The van der Waals surface area contributed by atoms with Gasteiger partial charge in [0, 0.05) is 19.1 Å². The standard InChI is InChI=1S/C13H17N3O3S/c1-2-19-13(17)10-11(15)9(5-14)20-12(10)16-6-8-3-4-18-7-8/h8,16H,2-4,6-7,15H2,1H3. The number of esters is 1. The van der Waals surface area contributed by atoms with E-state index in [1.54, 1.807) is 6.92 Å². The van der Waals surface area contributed by atoms with Crippen molar-refractivity contribution in [2.24, 2.45) is 5.92 Å². The lowest BCUT2D eigenvalue weighted by atomic mass is 10.1. The first-order chi connectivity index (χ1) is 9.67. The molecule has 2 heterocycles. The first-order valence-corrected chi connectivity index (χ1v) is 7.30. The maximum atomic E-state index is 11.9. The van der Waals surface area contributed by atoms with Crippen LogP contribution in [0.25, 0.3) is 0 Å². The van der Waals surface area contributed by atoms with E-state index in [4.69, 9.17) is 20.5 Å². The van der Waals surface area contributed by atoms with E-state index >= 15 is 0 Å². The summed E-state index contributed by atoms with van der Waals surface area (Å²) in [4.78, 5) is 12.3. The van der Waals surface area contributed by atoms with Crippen LogP contribution >= 0.6 is 11.3 Å².